The molecule has 2 amide bonds. The van der Waals surface area contributed by atoms with Gasteiger partial charge in [0, 0.05) is 18.7 Å². The van der Waals surface area contributed by atoms with Gasteiger partial charge < -0.3 is 10.2 Å². The van der Waals surface area contributed by atoms with Gasteiger partial charge in [-0.3, -0.25) is 9.59 Å². The molecule has 4 nitrogen and oxygen atoms in total. The maximum absolute atomic E-state index is 13.0. The fourth-order valence-corrected chi connectivity index (χ4v) is 3.31. The second-order valence-corrected chi connectivity index (χ2v) is 7.19. The molecule has 0 spiro atoms. The molecule has 0 unspecified atom stereocenters. The van der Waals surface area contributed by atoms with Crippen molar-refractivity contribution >= 4 is 17.4 Å². The van der Waals surface area contributed by atoms with Crippen molar-refractivity contribution in [3.8, 4) is 0 Å². The Morgan fingerprint density at radius 2 is 1.59 bits per heavy atom. The zero-order valence-corrected chi connectivity index (χ0v) is 15.9. The molecule has 0 aromatic heterocycles. The molecule has 1 aliphatic rings. The first-order chi connectivity index (χ1) is 13.1. The molecule has 1 N–H and O–H groups in total. The molecule has 2 aromatic rings. The number of carbonyl (C=O) groups excluding carboxylic acids is 2. The summed E-state index contributed by atoms with van der Waals surface area (Å²) in [5.74, 6) is -0.206. The van der Waals surface area contributed by atoms with E-state index in [1.807, 2.05) is 55.1 Å². The molecule has 1 heterocycles. The predicted molar refractivity (Wildman–Crippen MR) is 108 cm³/mol. The summed E-state index contributed by atoms with van der Waals surface area (Å²) in [6.45, 7) is 5.17. The van der Waals surface area contributed by atoms with Gasteiger partial charge in [-0.15, -0.1) is 0 Å². The van der Waals surface area contributed by atoms with Gasteiger partial charge in [0.15, 0.2) is 0 Å². The number of benzene rings is 2. The van der Waals surface area contributed by atoms with E-state index in [-0.39, 0.29) is 17.7 Å². The molecule has 0 radical (unpaired) electrons. The van der Waals surface area contributed by atoms with E-state index in [0.717, 1.165) is 6.42 Å². The first-order valence-electron chi connectivity index (χ1n) is 9.45. The number of rotatable bonds is 5. The molecular weight excluding hydrogens is 336 g/mol. The molecule has 4 heteroatoms. The number of hydrogen-bond donors (Lipinski definition) is 1. The predicted octanol–water partition coefficient (Wildman–Crippen LogP) is 3.76. The Bertz CT molecular complexity index is 813. The van der Waals surface area contributed by atoms with Crippen molar-refractivity contribution in [1.82, 2.24) is 10.2 Å². The molecule has 1 atom stereocenters. The summed E-state index contributed by atoms with van der Waals surface area (Å²) in [7, 11) is 0. The lowest BCUT2D eigenvalue weighted by atomic mass is 9.97. The van der Waals surface area contributed by atoms with Crippen LogP contribution in [0.15, 0.2) is 66.7 Å². The fourth-order valence-electron chi connectivity index (χ4n) is 3.31. The van der Waals surface area contributed by atoms with Gasteiger partial charge in [-0.2, -0.15) is 0 Å². The molecule has 0 saturated carbocycles. The van der Waals surface area contributed by atoms with Gasteiger partial charge in [0.25, 0.3) is 5.91 Å². The van der Waals surface area contributed by atoms with Gasteiger partial charge in [0.2, 0.25) is 5.91 Å². The van der Waals surface area contributed by atoms with E-state index < -0.39 is 6.04 Å². The Morgan fingerprint density at radius 1 is 0.963 bits per heavy atom. The van der Waals surface area contributed by atoms with E-state index in [0.29, 0.717) is 18.7 Å². The Morgan fingerprint density at radius 3 is 2.15 bits per heavy atom. The van der Waals surface area contributed by atoms with Gasteiger partial charge in [0.1, 0.15) is 6.04 Å². The van der Waals surface area contributed by atoms with E-state index >= 15 is 0 Å². The minimum absolute atomic E-state index is 0.0161. The summed E-state index contributed by atoms with van der Waals surface area (Å²) in [4.78, 5) is 27.4. The second-order valence-electron chi connectivity index (χ2n) is 7.19. The van der Waals surface area contributed by atoms with Gasteiger partial charge in [-0.25, -0.2) is 0 Å². The van der Waals surface area contributed by atoms with Crippen LogP contribution in [0.3, 0.4) is 0 Å². The Labute approximate surface area is 160 Å². The van der Waals surface area contributed by atoms with Crippen LogP contribution in [-0.2, 0) is 4.79 Å². The monoisotopic (exact) mass is 362 g/mol. The quantitative estimate of drug-likeness (QED) is 0.880. The largest absolute Gasteiger partial charge is 0.340 e. The van der Waals surface area contributed by atoms with Crippen molar-refractivity contribution < 1.29 is 9.59 Å². The highest BCUT2D eigenvalue weighted by Crippen LogP contribution is 2.23. The molecular formula is C23H26N2O2. The lowest BCUT2D eigenvalue weighted by molar-refractivity contribution is -0.133. The van der Waals surface area contributed by atoms with E-state index in [2.05, 4.69) is 23.5 Å². The topological polar surface area (TPSA) is 49.4 Å². The van der Waals surface area contributed by atoms with Crippen LogP contribution in [0.2, 0.25) is 0 Å². The van der Waals surface area contributed by atoms with Gasteiger partial charge in [-0.1, -0.05) is 68.5 Å². The fraction of sp³-hybridized carbons (Fsp3) is 0.304. The minimum atomic E-state index is -0.524. The first kappa shape index (κ1) is 18.9. The van der Waals surface area contributed by atoms with Crippen LogP contribution < -0.4 is 5.32 Å². The maximum atomic E-state index is 13.0. The SMILES string of the molecule is CC(C)[C@H](NC(=O)c1ccccc1)C(=O)N1CC=C(c2ccccc2)CC1. The normalized spacial score (nSPS) is 15.2. The third-order valence-electron chi connectivity index (χ3n) is 4.92. The molecule has 3 rings (SSSR count). The second kappa shape index (κ2) is 8.67. The first-order valence-corrected chi connectivity index (χ1v) is 9.45. The van der Waals surface area contributed by atoms with Crippen molar-refractivity contribution in [2.24, 2.45) is 5.92 Å². The molecule has 0 fully saturated rings. The van der Waals surface area contributed by atoms with E-state index in [9.17, 15) is 9.59 Å². The van der Waals surface area contributed by atoms with Crippen molar-refractivity contribution in [3.05, 3.63) is 77.9 Å². The minimum Gasteiger partial charge on any atom is -0.340 e. The Kier molecular flexibility index (Phi) is 6.07. The molecule has 0 aliphatic carbocycles. The highest BCUT2D eigenvalue weighted by molar-refractivity contribution is 5.97. The van der Waals surface area contributed by atoms with Crippen molar-refractivity contribution in [3.63, 3.8) is 0 Å². The number of nitrogens with zero attached hydrogens (tertiary/aromatic N) is 1. The van der Waals surface area contributed by atoms with Crippen LogP contribution in [0.1, 0.15) is 36.2 Å². The van der Waals surface area contributed by atoms with E-state index in [4.69, 9.17) is 0 Å². The lowest BCUT2D eigenvalue weighted by Crippen LogP contribution is -2.52. The number of carbonyl (C=O) groups is 2. The zero-order valence-electron chi connectivity index (χ0n) is 15.9. The van der Waals surface area contributed by atoms with Crippen LogP contribution in [0, 0.1) is 5.92 Å². The summed E-state index contributed by atoms with van der Waals surface area (Å²) in [5, 5.41) is 2.92. The molecule has 0 bridgehead atoms. The summed E-state index contributed by atoms with van der Waals surface area (Å²) < 4.78 is 0. The van der Waals surface area contributed by atoms with Crippen molar-refractivity contribution in [2.45, 2.75) is 26.3 Å². The highest BCUT2D eigenvalue weighted by atomic mass is 16.2. The number of amides is 2. The molecule has 140 valence electrons. The summed E-state index contributed by atoms with van der Waals surface area (Å²) >= 11 is 0. The van der Waals surface area contributed by atoms with Crippen molar-refractivity contribution in [2.75, 3.05) is 13.1 Å². The lowest BCUT2D eigenvalue weighted by Gasteiger charge is -2.32. The third kappa shape index (κ3) is 4.64. The molecule has 2 aromatic carbocycles. The van der Waals surface area contributed by atoms with Crippen molar-refractivity contribution in [1.29, 1.82) is 0 Å². The maximum Gasteiger partial charge on any atom is 0.251 e. The molecule has 27 heavy (non-hydrogen) atoms. The van der Waals surface area contributed by atoms with E-state index in [1.54, 1.807) is 12.1 Å². The zero-order chi connectivity index (χ0) is 19.2. The van der Waals surface area contributed by atoms with E-state index in [1.165, 1.54) is 11.1 Å². The standard InChI is InChI=1S/C23H26N2O2/c1-17(2)21(24-22(26)20-11-7-4-8-12-20)23(27)25-15-13-19(14-16-25)18-9-5-3-6-10-18/h3-13,17,21H,14-16H2,1-2H3,(H,24,26)/t21-/m0/s1. The molecule has 0 saturated heterocycles. The van der Waals surface area contributed by atoms with Gasteiger partial charge >= 0.3 is 0 Å². The molecule has 1 aliphatic heterocycles. The van der Waals surface area contributed by atoms with Crippen LogP contribution >= 0.6 is 0 Å². The van der Waals surface area contributed by atoms with Crippen LogP contribution in [-0.4, -0.2) is 35.8 Å². The number of nitrogens with one attached hydrogen (secondary N) is 1. The smallest absolute Gasteiger partial charge is 0.251 e. The Balaban J connectivity index is 1.67. The van der Waals surface area contributed by atoms with Gasteiger partial charge in [0.05, 0.1) is 0 Å². The summed E-state index contributed by atoms with van der Waals surface area (Å²) in [5.41, 5.74) is 3.05. The summed E-state index contributed by atoms with van der Waals surface area (Å²) in [6, 6.07) is 18.8. The Hall–Kier alpha value is -2.88. The average molecular weight is 362 g/mol. The number of hydrogen-bond acceptors (Lipinski definition) is 2. The summed E-state index contributed by atoms with van der Waals surface area (Å²) in [6.07, 6.45) is 2.94. The third-order valence-corrected chi connectivity index (χ3v) is 4.92. The van der Waals surface area contributed by atoms with Crippen LogP contribution in [0.4, 0.5) is 0 Å². The highest BCUT2D eigenvalue weighted by Gasteiger charge is 2.29. The average Bonchev–Trinajstić information content (AvgIpc) is 2.72. The van der Waals surface area contributed by atoms with Crippen LogP contribution in [0.25, 0.3) is 5.57 Å². The van der Waals surface area contributed by atoms with Gasteiger partial charge in [-0.05, 0) is 35.6 Å². The van der Waals surface area contributed by atoms with Crippen LogP contribution in [0.5, 0.6) is 0 Å².